The molecule has 2 aromatic carbocycles. The van der Waals surface area contributed by atoms with E-state index < -0.39 is 0 Å². The van der Waals surface area contributed by atoms with E-state index in [4.69, 9.17) is 35.4 Å². The Morgan fingerprint density at radius 3 is 2.29 bits per heavy atom. The van der Waals surface area contributed by atoms with Gasteiger partial charge in [-0.1, -0.05) is 47.5 Å². The molecule has 0 saturated carbocycles. The molecule has 0 atom stereocenters. The topological polar surface area (TPSA) is 24.1 Å². The van der Waals surface area contributed by atoms with Crippen LogP contribution in [0, 0.1) is 13.8 Å². The van der Waals surface area contributed by atoms with E-state index in [1.165, 1.54) is 16.7 Å². The van der Waals surface area contributed by atoms with Gasteiger partial charge in [-0.3, -0.25) is 0 Å². The monoisotopic (exact) mass is 380 g/mol. The molecular weight excluding hydrogens is 359 g/mol. The third kappa shape index (κ3) is 5.97. The third-order valence-corrected chi connectivity index (χ3v) is 4.84. The SMILES string of the molecule is Cc1ccc(CCNC(=S)NCCc2ccc(Cl)cc2Cl)cc1C. The molecule has 0 fully saturated rings. The molecule has 0 aliphatic heterocycles. The second kappa shape index (κ2) is 9.26. The summed E-state index contributed by atoms with van der Waals surface area (Å²) in [5.74, 6) is 0. The van der Waals surface area contributed by atoms with Crippen LogP contribution in [0.1, 0.15) is 22.3 Å². The predicted octanol–water partition coefficient (Wildman–Crippen LogP) is 4.86. The first kappa shape index (κ1) is 19.0. The number of hydrogen-bond donors (Lipinski definition) is 2. The maximum Gasteiger partial charge on any atom is 0.166 e. The summed E-state index contributed by atoms with van der Waals surface area (Å²) in [6.07, 6.45) is 1.75. The molecule has 5 heteroatoms. The van der Waals surface area contributed by atoms with Crippen molar-refractivity contribution in [3.63, 3.8) is 0 Å². The fraction of sp³-hybridized carbons (Fsp3) is 0.316. The van der Waals surface area contributed by atoms with Gasteiger partial charge in [-0.15, -0.1) is 0 Å². The first-order valence-electron chi connectivity index (χ1n) is 7.97. The lowest BCUT2D eigenvalue weighted by Gasteiger charge is -2.12. The van der Waals surface area contributed by atoms with E-state index in [1.807, 2.05) is 12.1 Å². The molecule has 0 amide bonds. The van der Waals surface area contributed by atoms with Gasteiger partial charge in [0.2, 0.25) is 0 Å². The summed E-state index contributed by atoms with van der Waals surface area (Å²) in [6, 6.07) is 12.1. The highest BCUT2D eigenvalue weighted by Crippen LogP contribution is 2.21. The van der Waals surface area contributed by atoms with E-state index in [2.05, 4.69) is 42.7 Å². The van der Waals surface area contributed by atoms with Gasteiger partial charge in [0.25, 0.3) is 0 Å². The van der Waals surface area contributed by atoms with Crippen LogP contribution in [0.25, 0.3) is 0 Å². The zero-order valence-corrected chi connectivity index (χ0v) is 16.3. The van der Waals surface area contributed by atoms with Crippen LogP contribution in [0.15, 0.2) is 36.4 Å². The molecule has 0 bridgehead atoms. The summed E-state index contributed by atoms with van der Waals surface area (Å²) in [5, 5.41) is 8.47. The lowest BCUT2D eigenvalue weighted by Crippen LogP contribution is -2.37. The summed E-state index contributed by atoms with van der Waals surface area (Å²) in [7, 11) is 0. The number of thiocarbonyl (C=S) groups is 1. The summed E-state index contributed by atoms with van der Waals surface area (Å²) in [5.41, 5.74) is 5.03. The van der Waals surface area contributed by atoms with Gasteiger partial charge in [-0.25, -0.2) is 0 Å². The largest absolute Gasteiger partial charge is 0.362 e. The average Bonchev–Trinajstić information content (AvgIpc) is 2.53. The molecular formula is C19H22Cl2N2S. The Labute approximate surface area is 159 Å². The molecule has 0 radical (unpaired) electrons. The second-order valence-corrected chi connectivity index (χ2v) is 7.09. The Kier molecular flexibility index (Phi) is 7.35. The van der Waals surface area contributed by atoms with E-state index in [1.54, 1.807) is 6.07 Å². The van der Waals surface area contributed by atoms with Gasteiger partial charge in [0, 0.05) is 23.1 Å². The van der Waals surface area contributed by atoms with Crippen molar-refractivity contribution in [3.05, 3.63) is 68.7 Å². The minimum Gasteiger partial charge on any atom is -0.362 e. The highest BCUT2D eigenvalue weighted by Gasteiger charge is 2.02. The van der Waals surface area contributed by atoms with Crippen molar-refractivity contribution in [2.45, 2.75) is 26.7 Å². The van der Waals surface area contributed by atoms with Crippen LogP contribution < -0.4 is 10.6 Å². The Bertz CT molecular complexity index is 717. The number of hydrogen-bond acceptors (Lipinski definition) is 1. The van der Waals surface area contributed by atoms with Crippen molar-refractivity contribution in [2.24, 2.45) is 0 Å². The Morgan fingerprint density at radius 2 is 1.62 bits per heavy atom. The number of rotatable bonds is 6. The van der Waals surface area contributed by atoms with Crippen LogP contribution in [-0.2, 0) is 12.8 Å². The van der Waals surface area contributed by atoms with Crippen molar-refractivity contribution in [2.75, 3.05) is 13.1 Å². The summed E-state index contributed by atoms with van der Waals surface area (Å²) >= 11 is 17.4. The molecule has 0 spiro atoms. The van der Waals surface area contributed by atoms with Crippen LogP contribution >= 0.6 is 35.4 Å². The number of benzene rings is 2. The van der Waals surface area contributed by atoms with Crippen LogP contribution in [0.2, 0.25) is 10.0 Å². The minimum atomic E-state index is 0.653. The van der Waals surface area contributed by atoms with Crippen molar-refractivity contribution >= 4 is 40.5 Å². The predicted molar refractivity (Wildman–Crippen MR) is 108 cm³/mol. The van der Waals surface area contributed by atoms with Crippen LogP contribution in [0.3, 0.4) is 0 Å². The van der Waals surface area contributed by atoms with E-state index in [0.29, 0.717) is 15.2 Å². The highest BCUT2D eigenvalue weighted by molar-refractivity contribution is 7.80. The van der Waals surface area contributed by atoms with Crippen LogP contribution in [-0.4, -0.2) is 18.2 Å². The summed E-state index contributed by atoms with van der Waals surface area (Å²) in [4.78, 5) is 0. The smallest absolute Gasteiger partial charge is 0.166 e. The molecule has 128 valence electrons. The zero-order valence-electron chi connectivity index (χ0n) is 14.0. The fourth-order valence-electron chi connectivity index (χ4n) is 2.38. The second-order valence-electron chi connectivity index (χ2n) is 5.84. The van der Waals surface area contributed by atoms with Crippen molar-refractivity contribution in [1.29, 1.82) is 0 Å². The summed E-state index contributed by atoms with van der Waals surface area (Å²) < 4.78 is 0. The molecule has 0 aliphatic rings. The third-order valence-electron chi connectivity index (χ3n) is 3.97. The van der Waals surface area contributed by atoms with Crippen LogP contribution in [0.5, 0.6) is 0 Å². The zero-order chi connectivity index (χ0) is 17.5. The lowest BCUT2D eigenvalue weighted by molar-refractivity contribution is 0.802. The van der Waals surface area contributed by atoms with Gasteiger partial charge < -0.3 is 10.6 Å². The van der Waals surface area contributed by atoms with Gasteiger partial charge in [-0.05, 0) is 73.3 Å². The van der Waals surface area contributed by atoms with Gasteiger partial charge in [0.1, 0.15) is 0 Å². The minimum absolute atomic E-state index is 0.653. The molecule has 24 heavy (non-hydrogen) atoms. The molecule has 0 heterocycles. The van der Waals surface area contributed by atoms with Gasteiger partial charge in [0.05, 0.1) is 0 Å². The fourth-order valence-corrected chi connectivity index (χ4v) is 3.08. The van der Waals surface area contributed by atoms with E-state index in [9.17, 15) is 0 Å². The number of halogens is 2. The quantitative estimate of drug-likeness (QED) is 0.699. The standard InChI is InChI=1S/C19H22Cl2N2S/c1-13-3-4-15(11-14(13)2)7-9-22-19(24)23-10-8-16-5-6-17(20)12-18(16)21/h3-6,11-12H,7-10H2,1-2H3,(H2,22,23,24). The maximum atomic E-state index is 6.16. The molecule has 2 aromatic rings. The average molecular weight is 381 g/mol. The van der Waals surface area contributed by atoms with E-state index >= 15 is 0 Å². The first-order chi connectivity index (χ1) is 11.5. The van der Waals surface area contributed by atoms with E-state index in [-0.39, 0.29) is 0 Å². The van der Waals surface area contributed by atoms with Crippen molar-refractivity contribution < 1.29 is 0 Å². The highest BCUT2D eigenvalue weighted by atomic mass is 35.5. The van der Waals surface area contributed by atoms with Gasteiger partial charge >= 0.3 is 0 Å². The summed E-state index contributed by atoms with van der Waals surface area (Å²) in [6.45, 7) is 5.82. The molecule has 2 rings (SSSR count). The maximum absolute atomic E-state index is 6.16. The first-order valence-corrected chi connectivity index (χ1v) is 9.14. The van der Waals surface area contributed by atoms with Crippen molar-refractivity contribution in [1.82, 2.24) is 10.6 Å². The lowest BCUT2D eigenvalue weighted by atomic mass is 10.0. The normalized spacial score (nSPS) is 10.5. The molecule has 0 aromatic heterocycles. The molecule has 0 unspecified atom stereocenters. The van der Waals surface area contributed by atoms with Crippen LogP contribution in [0.4, 0.5) is 0 Å². The molecule has 2 N–H and O–H groups in total. The Balaban J connectivity index is 1.68. The Hall–Kier alpha value is -1.29. The Morgan fingerprint density at radius 1 is 0.917 bits per heavy atom. The number of nitrogens with one attached hydrogen (secondary N) is 2. The number of aryl methyl sites for hydroxylation is 2. The molecule has 0 saturated heterocycles. The van der Waals surface area contributed by atoms with Gasteiger partial charge in [-0.2, -0.15) is 0 Å². The van der Waals surface area contributed by atoms with E-state index in [0.717, 1.165) is 31.5 Å². The molecule has 2 nitrogen and oxygen atoms in total. The van der Waals surface area contributed by atoms with Crippen molar-refractivity contribution in [3.8, 4) is 0 Å². The van der Waals surface area contributed by atoms with Gasteiger partial charge in [0.15, 0.2) is 5.11 Å². The molecule has 0 aliphatic carbocycles.